The number of aryl methyl sites for hydroxylation is 1. The number of carbonyl (C=O) groups excluding carboxylic acids is 1. The minimum Gasteiger partial charge on any atom is -0.483 e. The monoisotopic (exact) mass is 384 g/mol. The molecule has 0 aliphatic rings. The van der Waals surface area contributed by atoms with Crippen molar-refractivity contribution in [3.63, 3.8) is 0 Å². The first kappa shape index (κ1) is 19.1. The van der Waals surface area contributed by atoms with Gasteiger partial charge in [0.15, 0.2) is 6.61 Å². The van der Waals surface area contributed by atoms with Gasteiger partial charge in [0.05, 0.1) is 6.26 Å². The normalized spacial score (nSPS) is 11.4. The van der Waals surface area contributed by atoms with Crippen LogP contribution in [0, 0.1) is 6.92 Å². The lowest BCUT2D eigenvalue weighted by Gasteiger charge is -2.12. The lowest BCUT2D eigenvalue weighted by atomic mass is 10.0. The first-order chi connectivity index (χ1) is 11.6. The van der Waals surface area contributed by atoms with Gasteiger partial charge in [0.25, 0.3) is 5.91 Å². The van der Waals surface area contributed by atoms with E-state index in [4.69, 9.17) is 4.74 Å². The maximum Gasteiger partial charge on any atom is 0.264 e. The van der Waals surface area contributed by atoms with E-state index in [0.29, 0.717) is 11.7 Å². The number of anilines is 2. The van der Waals surface area contributed by atoms with E-state index in [1.165, 1.54) is 0 Å². The Kier molecular flexibility index (Phi) is 5.96. The van der Waals surface area contributed by atoms with Crippen molar-refractivity contribution < 1.29 is 17.9 Å². The molecule has 25 heavy (non-hydrogen) atoms. The van der Waals surface area contributed by atoms with Crippen LogP contribution in [-0.4, -0.2) is 37.4 Å². The van der Waals surface area contributed by atoms with Crippen LogP contribution in [0.1, 0.15) is 30.9 Å². The van der Waals surface area contributed by atoms with Crippen molar-refractivity contribution in [2.45, 2.75) is 26.7 Å². The Morgan fingerprint density at radius 1 is 1.28 bits per heavy atom. The first-order valence-corrected chi connectivity index (χ1v) is 10.2. The molecule has 136 valence electrons. The van der Waals surface area contributed by atoms with Gasteiger partial charge >= 0.3 is 0 Å². The van der Waals surface area contributed by atoms with Gasteiger partial charge in [-0.3, -0.25) is 14.8 Å². The minimum atomic E-state index is -3.43. The van der Waals surface area contributed by atoms with Gasteiger partial charge in [-0.05, 0) is 30.0 Å². The molecule has 1 aromatic heterocycles. The van der Waals surface area contributed by atoms with Crippen LogP contribution >= 0.6 is 11.3 Å². The average molecular weight is 384 g/mol. The van der Waals surface area contributed by atoms with Gasteiger partial charge in [0, 0.05) is 0 Å². The van der Waals surface area contributed by atoms with Crippen LogP contribution in [0.3, 0.4) is 0 Å². The predicted octanol–water partition coefficient (Wildman–Crippen LogP) is 2.36. The number of hydrogen-bond acceptors (Lipinski definition) is 7. The fraction of sp³-hybridized carbons (Fsp3) is 0.400. The molecule has 1 aromatic carbocycles. The molecule has 10 heteroatoms. The Hall–Kier alpha value is -2.20. The molecule has 8 nitrogen and oxygen atoms in total. The molecule has 0 aliphatic heterocycles. The van der Waals surface area contributed by atoms with Gasteiger partial charge in [-0.15, -0.1) is 10.2 Å². The molecular formula is C15H20N4O4S2. The molecule has 0 saturated heterocycles. The topological polar surface area (TPSA) is 110 Å². The molecule has 0 aliphatic carbocycles. The van der Waals surface area contributed by atoms with E-state index in [0.717, 1.165) is 28.7 Å². The maximum atomic E-state index is 12.0. The summed E-state index contributed by atoms with van der Waals surface area (Å²) in [5, 5.41) is 10.1. The van der Waals surface area contributed by atoms with Gasteiger partial charge in [-0.2, -0.15) is 0 Å². The second-order valence-electron chi connectivity index (χ2n) is 5.80. The summed E-state index contributed by atoms with van der Waals surface area (Å²) in [5.41, 5.74) is 2.06. The van der Waals surface area contributed by atoms with Gasteiger partial charge in [0.1, 0.15) is 5.75 Å². The summed E-state index contributed by atoms with van der Waals surface area (Å²) in [4.78, 5) is 12.0. The van der Waals surface area contributed by atoms with Crippen molar-refractivity contribution in [3.8, 4) is 5.75 Å². The summed E-state index contributed by atoms with van der Waals surface area (Å²) in [6.07, 6.45) is 1.01. The molecule has 2 rings (SSSR count). The summed E-state index contributed by atoms with van der Waals surface area (Å²) in [5.74, 6) is 0.605. The predicted molar refractivity (Wildman–Crippen MR) is 97.8 cm³/mol. The summed E-state index contributed by atoms with van der Waals surface area (Å²) < 4.78 is 30.0. The zero-order chi connectivity index (χ0) is 18.6. The molecule has 1 heterocycles. The Balaban J connectivity index is 1.94. The highest BCUT2D eigenvalue weighted by Gasteiger charge is 2.12. The van der Waals surface area contributed by atoms with Gasteiger partial charge in [0.2, 0.25) is 20.3 Å². The molecule has 0 spiro atoms. The number of nitrogens with zero attached hydrogens (tertiary/aromatic N) is 2. The highest BCUT2D eigenvalue weighted by Crippen LogP contribution is 2.24. The van der Waals surface area contributed by atoms with Crippen molar-refractivity contribution in [3.05, 3.63) is 29.3 Å². The molecule has 0 radical (unpaired) electrons. The van der Waals surface area contributed by atoms with Crippen LogP contribution in [0.15, 0.2) is 18.2 Å². The van der Waals surface area contributed by atoms with E-state index in [1.807, 2.05) is 25.1 Å². The number of nitrogens with one attached hydrogen (secondary N) is 2. The molecule has 0 unspecified atom stereocenters. The molecule has 0 saturated carbocycles. The van der Waals surface area contributed by atoms with Gasteiger partial charge < -0.3 is 4.74 Å². The van der Waals surface area contributed by atoms with Crippen molar-refractivity contribution in [1.29, 1.82) is 0 Å². The largest absolute Gasteiger partial charge is 0.483 e. The van der Waals surface area contributed by atoms with Crippen molar-refractivity contribution in [2.75, 3.05) is 22.9 Å². The molecule has 0 atom stereocenters. The quantitative estimate of drug-likeness (QED) is 0.758. The van der Waals surface area contributed by atoms with Crippen LogP contribution in [0.4, 0.5) is 10.3 Å². The lowest BCUT2D eigenvalue weighted by molar-refractivity contribution is -0.118. The number of amides is 1. The average Bonchev–Trinajstić information content (AvgIpc) is 2.90. The highest BCUT2D eigenvalue weighted by atomic mass is 32.2. The molecule has 0 bridgehead atoms. The second-order valence-corrected chi connectivity index (χ2v) is 8.53. The molecular weight excluding hydrogens is 364 g/mol. The van der Waals surface area contributed by atoms with E-state index in [-0.39, 0.29) is 16.9 Å². The smallest absolute Gasteiger partial charge is 0.264 e. The summed E-state index contributed by atoms with van der Waals surface area (Å²) >= 11 is 0.919. The molecule has 1 amide bonds. The third-order valence-electron chi connectivity index (χ3n) is 3.18. The fourth-order valence-electron chi connectivity index (χ4n) is 1.90. The Morgan fingerprint density at radius 3 is 2.60 bits per heavy atom. The molecule has 2 N–H and O–H groups in total. The van der Waals surface area contributed by atoms with E-state index in [1.54, 1.807) is 0 Å². The van der Waals surface area contributed by atoms with E-state index < -0.39 is 15.9 Å². The maximum absolute atomic E-state index is 12.0. The third kappa shape index (κ3) is 5.98. The summed E-state index contributed by atoms with van der Waals surface area (Å²) in [6.45, 7) is 5.89. The van der Waals surface area contributed by atoms with Crippen LogP contribution in [0.5, 0.6) is 5.75 Å². The van der Waals surface area contributed by atoms with Crippen LogP contribution < -0.4 is 14.8 Å². The van der Waals surface area contributed by atoms with Gasteiger partial charge in [-0.1, -0.05) is 37.3 Å². The standard InChI is InChI=1S/C15H20N4O4S2/c1-9(2)11-6-5-10(3)12(7-11)23-8-13(20)16-14-17-18-15(24-14)19-25(4,21)22/h5-7,9H,8H2,1-4H3,(H,18,19)(H,16,17,20). The number of sulfonamides is 1. The number of ether oxygens (including phenoxy) is 1. The Bertz CT molecular complexity index is 862. The third-order valence-corrected chi connectivity index (χ3v) is 4.63. The van der Waals surface area contributed by atoms with Crippen LogP contribution in [0.25, 0.3) is 0 Å². The molecule has 2 aromatic rings. The van der Waals surface area contributed by atoms with Crippen LogP contribution in [0.2, 0.25) is 0 Å². The fourth-order valence-corrected chi connectivity index (χ4v) is 3.39. The Morgan fingerprint density at radius 2 is 1.96 bits per heavy atom. The Labute approximate surface area is 150 Å². The minimum absolute atomic E-state index is 0.0826. The SMILES string of the molecule is Cc1ccc(C(C)C)cc1OCC(=O)Nc1nnc(NS(C)(=O)=O)s1. The van der Waals surface area contributed by atoms with Crippen molar-refractivity contribution in [2.24, 2.45) is 0 Å². The van der Waals surface area contributed by atoms with E-state index in [2.05, 4.69) is 34.1 Å². The zero-order valence-corrected chi connectivity index (χ0v) is 16.0. The number of hydrogen-bond donors (Lipinski definition) is 2. The van der Waals surface area contributed by atoms with Crippen molar-refractivity contribution >= 4 is 37.5 Å². The van der Waals surface area contributed by atoms with Gasteiger partial charge in [-0.25, -0.2) is 8.42 Å². The second kappa shape index (κ2) is 7.79. The van der Waals surface area contributed by atoms with Crippen LogP contribution in [-0.2, 0) is 14.8 Å². The number of carbonyl (C=O) groups is 1. The molecule has 0 fully saturated rings. The number of aromatic nitrogens is 2. The summed E-state index contributed by atoms with van der Waals surface area (Å²) in [6, 6.07) is 5.91. The zero-order valence-electron chi connectivity index (χ0n) is 14.4. The van der Waals surface area contributed by atoms with Crippen molar-refractivity contribution in [1.82, 2.24) is 10.2 Å². The number of benzene rings is 1. The highest BCUT2D eigenvalue weighted by molar-refractivity contribution is 7.92. The summed E-state index contributed by atoms with van der Waals surface area (Å²) in [7, 11) is -3.43. The number of rotatable bonds is 7. The first-order valence-electron chi connectivity index (χ1n) is 7.48. The van der Waals surface area contributed by atoms with E-state index >= 15 is 0 Å². The lowest BCUT2D eigenvalue weighted by Crippen LogP contribution is -2.20. The van der Waals surface area contributed by atoms with E-state index in [9.17, 15) is 13.2 Å².